The Kier molecular flexibility index (Phi) is 4.90. The Balaban J connectivity index is 2.17. The third-order valence-corrected chi connectivity index (χ3v) is 3.20. The fraction of sp³-hybridized carbons (Fsp3) is 0.533. The quantitative estimate of drug-likeness (QED) is 0.775. The van der Waals surface area contributed by atoms with Gasteiger partial charge in [0.15, 0.2) is 0 Å². The fourth-order valence-electron chi connectivity index (χ4n) is 2.24. The number of anilines is 1. The zero-order valence-corrected chi connectivity index (χ0v) is 12.6. The van der Waals surface area contributed by atoms with Crippen molar-refractivity contribution in [1.82, 2.24) is 5.32 Å². The first-order valence-electron chi connectivity index (χ1n) is 7.18. The molecule has 0 saturated heterocycles. The predicted molar refractivity (Wildman–Crippen MR) is 80.1 cm³/mol. The molecule has 116 valence electrons. The van der Waals surface area contributed by atoms with Crippen molar-refractivity contribution >= 4 is 11.7 Å². The summed E-state index contributed by atoms with van der Waals surface area (Å²) in [5.74, 6) is 1.40. The van der Waals surface area contributed by atoms with Crippen LogP contribution in [0.15, 0.2) is 12.1 Å². The predicted octanol–water partition coefficient (Wildman–Crippen LogP) is 1.91. The van der Waals surface area contributed by atoms with E-state index in [0.29, 0.717) is 18.0 Å². The van der Waals surface area contributed by atoms with Gasteiger partial charge < -0.3 is 25.2 Å². The summed E-state index contributed by atoms with van der Waals surface area (Å²) in [5.41, 5.74) is 1.65. The number of hydrogen-bond donors (Lipinski definition) is 3. The van der Waals surface area contributed by atoms with Crippen LogP contribution in [0.25, 0.3) is 0 Å². The Morgan fingerprint density at radius 2 is 2.33 bits per heavy atom. The van der Waals surface area contributed by atoms with Crippen LogP contribution in [-0.2, 0) is 6.42 Å². The molecule has 2 rings (SSSR count). The molecule has 21 heavy (non-hydrogen) atoms. The number of amides is 2. The number of hydrogen-bond acceptors (Lipinski definition) is 4. The molecule has 0 bridgehead atoms. The monoisotopic (exact) mass is 294 g/mol. The highest BCUT2D eigenvalue weighted by Crippen LogP contribution is 2.37. The molecule has 0 unspecified atom stereocenters. The maximum atomic E-state index is 11.9. The van der Waals surface area contributed by atoms with Gasteiger partial charge in [0.2, 0.25) is 0 Å². The molecule has 0 aliphatic carbocycles. The summed E-state index contributed by atoms with van der Waals surface area (Å²) in [6.45, 7) is 6.01. The lowest BCUT2D eigenvalue weighted by atomic mass is 10.1. The number of aliphatic hydroxyl groups is 1. The summed E-state index contributed by atoms with van der Waals surface area (Å²) in [6, 6.07) is 3.00. The van der Waals surface area contributed by atoms with Gasteiger partial charge in [-0.3, -0.25) is 0 Å². The van der Waals surface area contributed by atoms with Crippen molar-refractivity contribution in [2.75, 3.05) is 18.5 Å². The second kappa shape index (κ2) is 6.67. The Morgan fingerprint density at radius 3 is 3.00 bits per heavy atom. The van der Waals surface area contributed by atoms with E-state index in [2.05, 4.69) is 10.6 Å². The highest BCUT2D eigenvalue weighted by molar-refractivity contribution is 5.91. The van der Waals surface area contributed by atoms with Gasteiger partial charge in [0.25, 0.3) is 0 Å². The van der Waals surface area contributed by atoms with Crippen molar-refractivity contribution < 1.29 is 19.4 Å². The zero-order chi connectivity index (χ0) is 15.4. The van der Waals surface area contributed by atoms with Gasteiger partial charge in [0.05, 0.1) is 24.9 Å². The molecule has 0 aromatic heterocycles. The first-order valence-corrected chi connectivity index (χ1v) is 7.18. The molecule has 6 nitrogen and oxygen atoms in total. The summed E-state index contributed by atoms with van der Waals surface area (Å²) < 4.78 is 11.3. The highest BCUT2D eigenvalue weighted by Gasteiger charge is 2.22. The van der Waals surface area contributed by atoms with Crippen LogP contribution >= 0.6 is 0 Å². The Hall–Kier alpha value is -1.95. The molecule has 1 aliphatic rings. The van der Waals surface area contributed by atoms with Crippen LogP contribution in [0.1, 0.15) is 26.3 Å². The van der Waals surface area contributed by atoms with Gasteiger partial charge in [-0.1, -0.05) is 0 Å². The summed E-state index contributed by atoms with van der Waals surface area (Å²) in [7, 11) is 0. The van der Waals surface area contributed by atoms with Crippen LogP contribution in [0.3, 0.4) is 0 Å². The number of carbonyl (C=O) groups excluding carboxylic acids is 1. The van der Waals surface area contributed by atoms with Crippen molar-refractivity contribution in [3.63, 3.8) is 0 Å². The molecule has 0 fully saturated rings. The van der Waals surface area contributed by atoms with Crippen LogP contribution in [0.2, 0.25) is 0 Å². The second-order valence-electron chi connectivity index (χ2n) is 5.20. The lowest BCUT2D eigenvalue weighted by molar-refractivity contribution is 0.229. The number of aliphatic hydroxyl groups excluding tert-OH is 1. The Labute approximate surface area is 124 Å². The number of nitrogens with one attached hydrogen (secondary N) is 2. The number of urea groups is 1. The number of ether oxygens (including phenoxy) is 2. The van der Waals surface area contributed by atoms with Gasteiger partial charge in [-0.15, -0.1) is 0 Å². The standard InChI is InChI=1S/C15H22N2O4/c1-4-20-14-6-11-5-10(3)21-13(11)7-12(14)17-15(19)16-9(2)8-18/h6-7,9-10,18H,4-5,8H2,1-3H3,(H2,16,17,19)/t9-,10-/m1/s1. The summed E-state index contributed by atoms with van der Waals surface area (Å²) >= 11 is 0. The van der Waals surface area contributed by atoms with E-state index in [0.717, 1.165) is 17.7 Å². The summed E-state index contributed by atoms with van der Waals surface area (Å²) in [6.07, 6.45) is 0.969. The summed E-state index contributed by atoms with van der Waals surface area (Å²) in [5, 5.41) is 14.3. The minimum Gasteiger partial charge on any atom is -0.492 e. The molecular weight excluding hydrogens is 272 g/mol. The average Bonchev–Trinajstić information content (AvgIpc) is 2.78. The molecule has 3 N–H and O–H groups in total. The largest absolute Gasteiger partial charge is 0.492 e. The second-order valence-corrected chi connectivity index (χ2v) is 5.20. The van der Waals surface area contributed by atoms with E-state index in [-0.39, 0.29) is 24.8 Å². The van der Waals surface area contributed by atoms with Gasteiger partial charge in [0, 0.05) is 18.1 Å². The Morgan fingerprint density at radius 1 is 1.57 bits per heavy atom. The minimum atomic E-state index is -0.386. The van der Waals surface area contributed by atoms with Gasteiger partial charge in [0.1, 0.15) is 17.6 Å². The van der Waals surface area contributed by atoms with E-state index < -0.39 is 0 Å². The maximum absolute atomic E-state index is 11.9. The molecule has 2 amide bonds. The number of rotatable bonds is 5. The lowest BCUT2D eigenvalue weighted by Gasteiger charge is -2.16. The van der Waals surface area contributed by atoms with Gasteiger partial charge >= 0.3 is 6.03 Å². The zero-order valence-electron chi connectivity index (χ0n) is 12.6. The molecule has 0 radical (unpaired) electrons. The molecule has 1 aliphatic heterocycles. The van der Waals surface area contributed by atoms with Gasteiger partial charge in [-0.05, 0) is 26.8 Å². The van der Waals surface area contributed by atoms with E-state index in [4.69, 9.17) is 14.6 Å². The fourth-order valence-corrected chi connectivity index (χ4v) is 2.24. The molecule has 1 aromatic rings. The van der Waals surface area contributed by atoms with Crippen molar-refractivity contribution in [3.05, 3.63) is 17.7 Å². The van der Waals surface area contributed by atoms with E-state index in [9.17, 15) is 4.79 Å². The van der Waals surface area contributed by atoms with Crippen LogP contribution in [0.4, 0.5) is 10.5 Å². The molecule has 0 spiro atoms. The number of carbonyl (C=O) groups is 1. The highest BCUT2D eigenvalue weighted by atomic mass is 16.5. The van der Waals surface area contributed by atoms with Crippen molar-refractivity contribution in [3.8, 4) is 11.5 Å². The van der Waals surface area contributed by atoms with Crippen LogP contribution in [0.5, 0.6) is 11.5 Å². The van der Waals surface area contributed by atoms with E-state index >= 15 is 0 Å². The molecular formula is C15H22N2O4. The smallest absolute Gasteiger partial charge is 0.319 e. The maximum Gasteiger partial charge on any atom is 0.319 e. The SMILES string of the molecule is CCOc1cc2c(cc1NC(=O)N[C@H](C)CO)O[C@H](C)C2. The van der Waals surface area contributed by atoms with Crippen molar-refractivity contribution in [2.45, 2.75) is 39.3 Å². The molecule has 1 aromatic carbocycles. The van der Waals surface area contributed by atoms with Crippen LogP contribution in [0, 0.1) is 0 Å². The van der Waals surface area contributed by atoms with Gasteiger partial charge in [-0.2, -0.15) is 0 Å². The summed E-state index contributed by atoms with van der Waals surface area (Å²) in [4.78, 5) is 11.9. The van der Waals surface area contributed by atoms with E-state index in [1.807, 2.05) is 19.9 Å². The van der Waals surface area contributed by atoms with Crippen molar-refractivity contribution in [2.24, 2.45) is 0 Å². The van der Waals surface area contributed by atoms with E-state index in [1.165, 1.54) is 0 Å². The minimum absolute atomic E-state index is 0.115. The van der Waals surface area contributed by atoms with Gasteiger partial charge in [-0.25, -0.2) is 4.79 Å². The molecule has 0 saturated carbocycles. The van der Waals surface area contributed by atoms with Crippen molar-refractivity contribution in [1.29, 1.82) is 0 Å². The average molecular weight is 294 g/mol. The van der Waals surface area contributed by atoms with Crippen LogP contribution < -0.4 is 20.1 Å². The van der Waals surface area contributed by atoms with Crippen LogP contribution in [-0.4, -0.2) is 36.5 Å². The molecule has 6 heteroatoms. The Bertz CT molecular complexity index is 519. The van der Waals surface area contributed by atoms with E-state index in [1.54, 1.807) is 13.0 Å². The lowest BCUT2D eigenvalue weighted by Crippen LogP contribution is -2.38. The molecule has 2 atom stereocenters. The third-order valence-electron chi connectivity index (χ3n) is 3.20. The number of benzene rings is 1. The molecule has 1 heterocycles. The normalized spacial score (nSPS) is 17.6. The number of fused-ring (bicyclic) bond motifs is 1. The topological polar surface area (TPSA) is 79.8 Å². The first-order chi connectivity index (χ1) is 10.0. The third kappa shape index (κ3) is 3.78. The first kappa shape index (κ1) is 15.4.